The van der Waals surface area contributed by atoms with Crippen LogP contribution in [0.1, 0.15) is 24.8 Å². The maximum atomic E-state index is 12.6. The van der Waals surface area contributed by atoms with E-state index in [1.807, 2.05) is 0 Å². The van der Waals surface area contributed by atoms with Gasteiger partial charge in [0.25, 0.3) is 0 Å². The van der Waals surface area contributed by atoms with E-state index >= 15 is 0 Å². The van der Waals surface area contributed by atoms with Crippen LogP contribution < -0.4 is 5.32 Å². The third-order valence-electron chi connectivity index (χ3n) is 4.18. The molecule has 138 valence electrons. The first-order valence-electron chi connectivity index (χ1n) is 8.26. The molecule has 0 spiro atoms. The zero-order valence-electron chi connectivity index (χ0n) is 14.0. The fraction of sp³-hybridized carbons (Fsp3) is 0.375. The van der Waals surface area contributed by atoms with Crippen molar-refractivity contribution in [3.05, 3.63) is 52.3 Å². The third-order valence-corrected chi connectivity index (χ3v) is 6.09. The molecule has 0 aliphatic carbocycles. The predicted octanol–water partition coefficient (Wildman–Crippen LogP) is 2.17. The Balaban J connectivity index is 1.63. The number of aromatic nitrogens is 2. The van der Waals surface area contributed by atoms with E-state index in [0.29, 0.717) is 19.6 Å². The van der Waals surface area contributed by atoms with Gasteiger partial charge >= 0.3 is 5.69 Å². The van der Waals surface area contributed by atoms with Gasteiger partial charge in [0.05, 0.1) is 9.82 Å². The molecule has 0 atom stereocenters. The molecule has 1 N–H and O–H groups in total. The van der Waals surface area contributed by atoms with Crippen LogP contribution in [0.2, 0.25) is 0 Å². The molecule has 1 aliphatic rings. The van der Waals surface area contributed by atoms with Crippen LogP contribution in [0, 0.1) is 10.1 Å². The number of hydrogen-bond donors (Lipinski definition) is 1. The summed E-state index contributed by atoms with van der Waals surface area (Å²) in [5.74, 6) is 0.264. The van der Waals surface area contributed by atoms with Crippen LogP contribution >= 0.6 is 0 Å². The second-order valence-corrected chi connectivity index (χ2v) is 7.92. The Morgan fingerprint density at radius 3 is 2.27 bits per heavy atom. The molecule has 0 unspecified atom stereocenters. The van der Waals surface area contributed by atoms with Crippen LogP contribution in [0.25, 0.3) is 0 Å². The fourth-order valence-corrected chi connectivity index (χ4v) is 4.24. The summed E-state index contributed by atoms with van der Waals surface area (Å²) in [6.07, 6.45) is 5.13. The minimum absolute atomic E-state index is 0.178. The highest BCUT2D eigenvalue weighted by atomic mass is 32.2. The van der Waals surface area contributed by atoms with Gasteiger partial charge in [-0.3, -0.25) is 10.1 Å². The molecule has 0 saturated carbocycles. The van der Waals surface area contributed by atoms with E-state index in [1.165, 1.54) is 4.31 Å². The molecule has 1 saturated heterocycles. The highest BCUT2D eigenvalue weighted by Gasteiger charge is 2.25. The van der Waals surface area contributed by atoms with Crippen molar-refractivity contribution >= 4 is 21.7 Å². The molecule has 26 heavy (non-hydrogen) atoms. The zero-order valence-corrected chi connectivity index (χ0v) is 14.9. The molecule has 2 aromatic rings. The topological polar surface area (TPSA) is 118 Å². The van der Waals surface area contributed by atoms with Gasteiger partial charge in [-0.15, -0.1) is 0 Å². The molecular formula is C16H19N5O4S. The SMILES string of the molecule is O=[N+]([O-])c1cnc(NCc2ccc(S(=O)(=O)N3CCCCC3)cc2)nc1. The Kier molecular flexibility index (Phi) is 5.43. The Hall–Kier alpha value is -2.59. The molecule has 10 heteroatoms. The Morgan fingerprint density at radius 2 is 1.69 bits per heavy atom. The number of piperidine rings is 1. The van der Waals surface area contributed by atoms with E-state index in [-0.39, 0.29) is 16.5 Å². The van der Waals surface area contributed by atoms with E-state index in [9.17, 15) is 18.5 Å². The first-order chi connectivity index (χ1) is 12.5. The lowest BCUT2D eigenvalue weighted by Crippen LogP contribution is -2.35. The van der Waals surface area contributed by atoms with Crippen LogP contribution in [0.3, 0.4) is 0 Å². The average molecular weight is 377 g/mol. The number of benzene rings is 1. The summed E-state index contributed by atoms with van der Waals surface area (Å²) < 4.78 is 26.7. The fourth-order valence-electron chi connectivity index (χ4n) is 2.72. The van der Waals surface area contributed by atoms with Crippen LogP contribution in [-0.4, -0.2) is 40.7 Å². The van der Waals surface area contributed by atoms with Gasteiger partial charge in [0, 0.05) is 19.6 Å². The third kappa shape index (κ3) is 4.14. The lowest BCUT2D eigenvalue weighted by atomic mass is 10.2. The molecule has 9 nitrogen and oxygen atoms in total. The number of rotatable bonds is 6. The highest BCUT2D eigenvalue weighted by Crippen LogP contribution is 2.21. The second-order valence-electron chi connectivity index (χ2n) is 5.98. The Bertz CT molecular complexity index is 863. The smallest absolute Gasteiger partial charge is 0.305 e. The number of anilines is 1. The van der Waals surface area contributed by atoms with Crippen molar-refractivity contribution in [3.8, 4) is 0 Å². The van der Waals surface area contributed by atoms with Crippen LogP contribution in [0.15, 0.2) is 41.6 Å². The predicted molar refractivity (Wildman–Crippen MR) is 95.1 cm³/mol. The van der Waals surface area contributed by atoms with E-state index in [4.69, 9.17) is 0 Å². The normalized spacial score (nSPS) is 15.5. The molecular weight excluding hydrogens is 358 g/mol. The molecule has 0 radical (unpaired) electrons. The summed E-state index contributed by atoms with van der Waals surface area (Å²) >= 11 is 0. The number of hydrogen-bond acceptors (Lipinski definition) is 7. The van der Waals surface area contributed by atoms with Crippen LogP contribution in [0.4, 0.5) is 11.6 Å². The van der Waals surface area contributed by atoms with E-state index in [2.05, 4.69) is 15.3 Å². The number of sulfonamides is 1. The summed E-state index contributed by atoms with van der Waals surface area (Å²) in [5, 5.41) is 13.5. The molecule has 1 fully saturated rings. The molecule has 0 amide bonds. The van der Waals surface area contributed by atoms with Crippen molar-refractivity contribution in [1.82, 2.24) is 14.3 Å². The van der Waals surface area contributed by atoms with E-state index in [0.717, 1.165) is 37.2 Å². The molecule has 1 aromatic heterocycles. The first kappa shape index (κ1) is 18.2. The maximum absolute atomic E-state index is 12.6. The largest absolute Gasteiger partial charge is 0.350 e. The van der Waals surface area contributed by atoms with Crippen molar-refractivity contribution in [2.45, 2.75) is 30.7 Å². The monoisotopic (exact) mass is 377 g/mol. The van der Waals surface area contributed by atoms with Gasteiger partial charge in [-0.2, -0.15) is 4.31 Å². The van der Waals surface area contributed by atoms with E-state index in [1.54, 1.807) is 24.3 Å². The maximum Gasteiger partial charge on any atom is 0.305 e. The standard InChI is InChI=1S/C16H19N5O4S/c22-21(23)14-11-18-16(19-12-14)17-10-13-4-6-15(7-5-13)26(24,25)20-8-2-1-3-9-20/h4-7,11-12H,1-3,8-10H2,(H,17,18,19). The summed E-state index contributed by atoms with van der Waals surface area (Å²) in [6, 6.07) is 6.65. The number of nitrogens with zero attached hydrogens (tertiary/aromatic N) is 4. The van der Waals surface area contributed by atoms with Crippen molar-refractivity contribution in [2.75, 3.05) is 18.4 Å². The Labute approximate surface area is 151 Å². The quantitative estimate of drug-likeness (QED) is 0.605. The van der Waals surface area contributed by atoms with Gasteiger partial charge in [0.1, 0.15) is 12.4 Å². The average Bonchev–Trinajstić information content (AvgIpc) is 2.67. The van der Waals surface area contributed by atoms with Gasteiger partial charge in [-0.25, -0.2) is 18.4 Å². The van der Waals surface area contributed by atoms with Crippen molar-refractivity contribution in [1.29, 1.82) is 0 Å². The molecule has 3 rings (SSSR count). The van der Waals surface area contributed by atoms with Gasteiger partial charge in [0.15, 0.2) is 0 Å². The molecule has 2 heterocycles. The van der Waals surface area contributed by atoms with E-state index < -0.39 is 14.9 Å². The zero-order chi connectivity index (χ0) is 18.6. The van der Waals surface area contributed by atoms with Gasteiger partial charge < -0.3 is 5.32 Å². The summed E-state index contributed by atoms with van der Waals surface area (Å²) in [4.78, 5) is 18.0. The molecule has 1 aromatic carbocycles. The highest BCUT2D eigenvalue weighted by molar-refractivity contribution is 7.89. The van der Waals surface area contributed by atoms with Crippen molar-refractivity contribution < 1.29 is 13.3 Å². The molecule has 1 aliphatic heterocycles. The van der Waals surface area contributed by atoms with Crippen molar-refractivity contribution in [3.63, 3.8) is 0 Å². The second kappa shape index (κ2) is 7.75. The number of nitrogens with one attached hydrogen (secondary N) is 1. The summed E-state index contributed by atoms with van der Waals surface area (Å²) in [6.45, 7) is 1.52. The van der Waals surface area contributed by atoms with Gasteiger partial charge in [0.2, 0.25) is 16.0 Å². The lowest BCUT2D eigenvalue weighted by Gasteiger charge is -2.25. The minimum Gasteiger partial charge on any atom is -0.350 e. The molecule has 0 bridgehead atoms. The first-order valence-corrected chi connectivity index (χ1v) is 9.70. The number of nitro groups is 1. The minimum atomic E-state index is -3.43. The van der Waals surface area contributed by atoms with Crippen LogP contribution in [0.5, 0.6) is 0 Å². The Morgan fingerprint density at radius 1 is 1.08 bits per heavy atom. The summed E-state index contributed by atoms with van der Waals surface area (Å²) in [5.41, 5.74) is 0.673. The summed E-state index contributed by atoms with van der Waals surface area (Å²) in [7, 11) is -3.43. The van der Waals surface area contributed by atoms with Gasteiger partial charge in [-0.05, 0) is 30.5 Å². The van der Waals surface area contributed by atoms with Gasteiger partial charge in [-0.1, -0.05) is 18.6 Å². The lowest BCUT2D eigenvalue weighted by molar-refractivity contribution is -0.385. The van der Waals surface area contributed by atoms with Crippen LogP contribution in [-0.2, 0) is 16.6 Å². The van der Waals surface area contributed by atoms with Crippen molar-refractivity contribution in [2.24, 2.45) is 0 Å².